The number of hydrogen-bond donors (Lipinski definition) is 1. The summed E-state index contributed by atoms with van der Waals surface area (Å²) in [5.74, 6) is 0.986. The Kier molecular flexibility index (Phi) is 3.76. The average molecular weight is 273 g/mol. The molecule has 110 valence electrons. The Morgan fingerprint density at radius 1 is 1.20 bits per heavy atom. The monoisotopic (exact) mass is 273 g/mol. The lowest BCUT2D eigenvalue weighted by atomic mass is 9.73. The van der Waals surface area contributed by atoms with Crippen LogP contribution in [0.25, 0.3) is 0 Å². The van der Waals surface area contributed by atoms with E-state index < -0.39 is 0 Å². The van der Waals surface area contributed by atoms with Crippen LogP contribution in [0.1, 0.15) is 63.1 Å². The van der Waals surface area contributed by atoms with Crippen LogP contribution >= 0.6 is 0 Å². The van der Waals surface area contributed by atoms with Gasteiger partial charge in [-0.05, 0) is 54.4 Å². The second kappa shape index (κ2) is 5.40. The van der Waals surface area contributed by atoms with Gasteiger partial charge in [-0.2, -0.15) is 0 Å². The third kappa shape index (κ3) is 2.58. The number of hydrogen-bond acceptors (Lipinski definition) is 2. The predicted molar refractivity (Wildman–Crippen MR) is 83.2 cm³/mol. The molecule has 2 aliphatic rings. The first-order chi connectivity index (χ1) is 9.60. The van der Waals surface area contributed by atoms with Gasteiger partial charge in [0.25, 0.3) is 0 Å². The Balaban J connectivity index is 1.77. The van der Waals surface area contributed by atoms with Crippen LogP contribution in [0.3, 0.4) is 0 Å². The van der Waals surface area contributed by atoms with Crippen LogP contribution in [-0.2, 0) is 6.42 Å². The summed E-state index contributed by atoms with van der Waals surface area (Å²) in [6, 6.07) is 7.73. The van der Waals surface area contributed by atoms with Crippen molar-refractivity contribution in [2.45, 2.75) is 64.5 Å². The number of aryl methyl sites for hydroxylation is 1. The molecule has 2 aliphatic carbocycles. The molecule has 0 radical (unpaired) electrons. The van der Waals surface area contributed by atoms with Gasteiger partial charge in [-0.25, -0.2) is 0 Å². The largest absolute Gasteiger partial charge is 0.497 e. The summed E-state index contributed by atoms with van der Waals surface area (Å²) >= 11 is 0. The number of ether oxygens (including phenoxy) is 1. The van der Waals surface area contributed by atoms with Gasteiger partial charge < -0.3 is 10.1 Å². The number of fused-ring (bicyclic) bond motifs is 1. The van der Waals surface area contributed by atoms with Crippen LogP contribution < -0.4 is 10.1 Å². The fourth-order valence-corrected chi connectivity index (χ4v) is 3.93. The van der Waals surface area contributed by atoms with Crippen molar-refractivity contribution in [2.24, 2.45) is 5.41 Å². The molecule has 0 aliphatic heterocycles. The third-order valence-corrected chi connectivity index (χ3v) is 5.34. The van der Waals surface area contributed by atoms with Crippen molar-refractivity contribution in [1.82, 2.24) is 5.32 Å². The molecule has 0 spiro atoms. The molecule has 2 unspecified atom stereocenters. The van der Waals surface area contributed by atoms with Crippen molar-refractivity contribution in [3.05, 3.63) is 29.3 Å². The molecular weight excluding hydrogens is 246 g/mol. The third-order valence-electron chi connectivity index (χ3n) is 5.34. The average Bonchev–Trinajstić information content (AvgIpc) is 2.83. The van der Waals surface area contributed by atoms with Crippen LogP contribution in [0, 0.1) is 5.41 Å². The fraction of sp³-hybridized carbons (Fsp3) is 0.667. The van der Waals surface area contributed by atoms with Crippen LogP contribution in [0.4, 0.5) is 0 Å². The minimum atomic E-state index is 0.430. The van der Waals surface area contributed by atoms with Crippen molar-refractivity contribution in [2.75, 3.05) is 7.11 Å². The van der Waals surface area contributed by atoms with Gasteiger partial charge in [-0.3, -0.25) is 0 Å². The van der Waals surface area contributed by atoms with Gasteiger partial charge in [0, 0.05) is 12.1 Å². The minimum absolute atomic E-state index is 0.430. The van der Waals surface area contributed by atoms with E-state index in [1.54, 1.807) is 7.11 Å². The molecule has 0 aromatic heterocycles. The van der Waals surface area contributed by atoms with E-state index >= 15 is 0 Å². The lowest BCUT2D eigenvalue weighted by molar-refractivity contribution is 0.155. The van der Waals surface area contributed by atoms with Gasteiger partial charge in [-0.1, -0.05) is 32.8 Å². The van der Waals surface area contributed by atoms with Crippen LogP contribution in [0.5, 0.6) is 5.75 Å². The highest BCUT2D eigenvalue weighted by atomic mass is 16.5. The highest BCUT2D eigenvalue weighted by molar-refractivity contribution is 5.40. The zero-order valence-corrected chi connectivity index (χ0v) is 13.0. The summed E-state index contributed by atoms with van der Waals surface area (Å²) in [5, 5.41) is 3.96. The van der Waals surface area contributed by atoms with E-state index in [1.807, 2.05) is 0 Å². The summed E-state index contributed by atoms with van der Waals surface area (Å²) < 4.78 is 5.39. The Bertz CT molecular complexity index is 480. The molecule has 0 amide bonds. The van der Waals surface area contributed by atoms with Crippen molar-refractivity contribution in [3.8, 4) is 5.75 Å². The maximum atomic E-state index is 5.39. The van der Waals surface area contributed by atoms with E-state index in [4.69, 9.17) is 4.74 Å². The van der Waals surface area contributed by atoms with Gasteiger partial charge in [0.2, 0.25) is 0 Å². The van der Waals surface area contributed by atoms with Crippen LogP contribution in [-0.4, -0.2) is 13.2 Å². The van der Waals surface area contributed by atoms with E-state index in [0.29, 0.717) is 17.5 Å². The summed E-state index contributed by atoms with van der Waals surface area (Å²) in [7, 11) is 1.75. The second-order valence-corrected chi connectivity index (χ2v) is 7.11. The summed E-state index contributed by atoms with van der Waals surface area (Å²) in [6.07, 6.45) is 7.86. The number of benzene rings is 1. The van der Waals surface area contributed by atoms with Crippen molar-refractivity contribution < 1.29 is 4.74 Å². The van der Waals surface area contributed by atoms with Gasteiger partial charge in [0.05, 0.1) is 7.11 Å². The SMILES string of the molecule is COc1ccc2c(c1)C(NC1CCCCC1(C)C)CC2. The Morgan fingerprint density at radius 3 is 2.80 bits per heavy atom. The van der Waals surface area contributed by atoms with Crippen molar-refractivity contribution in [3.63, 3.8) is 0 Å². The van der Waals surface area contributed by atoms with E-state index in [1.165, 1.54) is 49.7 Å². The second-order valence-electron chi connectivity index (χ2n) is 7.11. The highest BCUT2D eigenvalue weighted by Gasteiger charge is 2.35. The molecule has 0 saturated heterocycles. The van der Waals surface area contributed by atoms with E-state index in [-0.39, 0.29) is 0 Å². The lowest BCUT2D eigenvalue weighted by Gasteiger charge is -2.41. The summed E-state index contributed by atoms with van der Waals surface area (Å²) in [5.41, 5.74) is 3.39. The van der Waals surface area contributed by atoms with Gasteiger partial charge in [0.15, 0.2) is 0 Å². The molecule has 1 saturated carbocycles. The standard InChI is InChI=1S/C18H27NO/c1-18(2)11-5-4-6-17(18)19-16-10-8-13-7-9-14(20-3)12-15(13)16/h7,9,12,16-17,19H,4-6,8,10-11H2,1-3H3. The van der Waals surface area contributed by atoms with Gasteiger partial charge >= 0.3 is 0 Å². The van der Waals surface area contributed by atoms with Crippen molar-refractivity contribution >= 4 is 0 Å². The topological polar surface area (TPSA) is 21.3 Å². The lowest BCUT2D eigenvalue weighted by Crippen LogP contribution is -2.45. The van der Waals surface area contributed by atoms with E-state index in [0.717, 1.165) is 5.75 Å². The quantitative estimate of drug-likeness (QED) is 0.889. The zero-order valence-electron chi connectivity index (χ0n) is 13.0. The van der Waals surface area contributed by atoms with Gasteiger partial charge in [0.1, 0.15) is 5.75 Å². The molecule has 1 aromatic rings. The Morgan fingerprint density at radius 2 is 2.05 bits per heavy atom. The first-order valence-electron chi connectivity index (χ1n) is 8.03. The Hall–Kier alpha value is -1.02. The molecule has 2 atom stereocenters. The van der Waals surface area contributed by atoms with E-state index in [2.05, 4.69) is 37.4 Å². The molecule has 0 bridgehead atoms. The minimum Gasteiger partial charge on any atom is -0.497 e. The number of rotatable bonds is 3. The summed E-state index contributed by atoms with van der Waals surface area (Å²) in [6.45, 7) is 4.84. The molecule has 0 heterocycles. The molecule has 1 N–H and O–H groups in total. The van der Waals surface area contributed by atoms with Gasteiger partial charge in [-0.15, -0.1) is 0 Å². The van der Waals surface area contributed by atoms with Crippen LogP contribution in [0.15, 0.2) is 18.2 Å². The molecule has 3 rings (SSSR count). The molecule has 2 nitrogen and oxygen atoms in total. The zero-order chi connectivity index (χ0) is 14.2. The molecule has 20 heavy (non-hydrogen) atoms. The van der Waals surface area contributed by atoms with E-state index in [9.17, 15) is 0 Å². The maximum absolute atomic E-state index is 5.39. The predicted octanol–water partition coefficient (Wildman–Crippen LogP) is 4.24. The summed E-state index contributed by atoms with van der Waals surface area (Å²) in [4.78, 5) is 0. The first-order valence-corrected chi connectivity index (χ1v) is 8.03. The molecule has 1 aromatic carbocycles. The molecule has 2 heteroatoms. The highest BCUT2D eigenvalue weighted by Crippen LogP contribution is 2.40. The van der Waals surface area contributed by atoms with Crippen LogP contribution in [0.2, 0.25) is 0 Å². The number of methoxy groups -OCH3 is 1. The smallest absolute Gasteiger partial charge is 0.119 e. The number of nitrogens with one attached hydrogen (secondary N) is 1. The molecular formula is C18H27NO. The first kappa shape index (κ1) is 13.9. The van der Waals surface area contributed by atoms with Crippen molar-refractivity contribution in [1.29, 1.82) is 0 Å². The molecule has 1 fully saturated rings. The Labute approximate surface area is 122 Å². The normalized spacial score (nSPS) is 28.1. The fourth-order valence-electron chi connectivity index (χ4n) is 3.93. The maximum Gasteiger partial charge on any atom is 0.119 e.